The molecule has 0 atom stereocenters. The van der Waals surface area contributed by atoms with E-state index in [9.17, 15) is 4.79 Å². The molecule has 124 valence electrons. The number of halogens is 1. The third-order valence-electron chi connectivity index (χ3n) is 4.36. The maximum absolute atomic E-state index is 12.7. The Bertz CT molecular complexity index is 825. The molecular weight excluding hydrogens is 364 g/mol. The first-order valence-corrected chi connectivity index (χ1v) is 8.91. The van der Waals surface area contributed by atoms with Gasteiger partial charge in [-0.05, 0) is 80.0 Å². The summed E-state index contributed by atoms with van der Waals surface area (Å²) in [5.41, 5.74) is 5.28. The van der Waals surface area contributed by atoms with Gasteiger partial charge >= 0.3 is 0 Å². The van der Waals surface area contributed by atoms with Crippen LogP contribution in [-0.4, -0.2) is 10.9 Å². The van der Waals surface area contributed by atoms with E-state index in [1.807, 2.05) is 26.8 Å². The number of nitrogens with zero attached hydrogens (tertiary/aromatic N) is 2. The van der Waals surface area contributed by atoms with Crippen LogP contribution in [-0.2, 0) is 4.79 Å². The Hall–Kier alpha value is -1.94. The Morgan fingerprint density at radius 1 is 1.25 bits per heavy atom. The van der Waals surface area contributed by atoms with Gasteiger partial charge in [-0.1, -0.05) is 28.6 Å². The van der Waals surface area contributed by atoms with E-state index in [2.05, 4.69) is 39.6 Å². The maximum Gasteiger partial charge on any atom is 0.256 e. The van der Waals surface area contributed by atoms with Crippen LogP contribution in [0.4, 0.5) is 11.5 Å². The Kier molecular flexibility index (Phi) is 4.59. The number of aryl methyl sites for hydroxylation is 3. The molecule has 0 N–H and O–H groups in total. The number of pyridine rings is 1. The second kappa shape index (κ2) is 6.52. The van der Waals surface area contributed by atoms with Gasteiger partial charge in [0.1, 0.15) is 5.82 Å². The van der Waals surface area contributed by atoms with Crippen molar-refractivity contribution in [2.24, 2.45) is 0 Å². The van der Waals surface area contributed by atoms with Gasteiger partial charge in [0.2, 0.25) is 0 Å². The SMILES string of the molecule is C=CC(=O)N(c1cc(C)c(Br)cc1C1CC1)c1ncc(C)cc1C. The number of benzene rings is 1. The molecule has 4 heteroatoms. The molecule has 0 spiro atoms. The summed E-state index contributed by atoms with van der Waals surface area (Å²) in [5.74, 6) is 1.04. The fourth-order valence-corrected chi connectivity index (χ4v) is 3.33. The third-order valence-corrected chi connectivity index (χ3v) is 5.21. The minimum Gasteiger partial charge on any atom is -0.269 e. The van der Waals surface area contributed by atoms with Crippen molar-refractivity contribution in [3.05, 3.63) is 63.8 Å². The van der Waals surface area contributed by atoms with E-state index in [1.165, 1.54) is 24.5 Å². The van der Waals surface area contributed by atoms with Gasteiger partial charge in [-0.25, -0.2) is 4.98 Å². The van der Waals surface area contributed by atoms with Gasteiger partial charge in [-0.3, -0.25) is 9.69 Å². The van der Waals surface area contributed by atoms with Crippen LogP contribution < -0.4 is 4.90 Å². The minimum atomic E-state index is -0.155. The van der Waals surface area contributed by atoms with Gasteiger partial charge in [0.15, 0.2) is 0 Å². The predicted molar refractivity (Wildman–Crippen MR) is 102 cm³/mol. The van der Waals surface area contributed by atoms with Crippen molar-refractivity contribution in [2.45, 2.75) is 39.5 Å². The van der Waals surface area contributed by atoms with Crippen molar-refractivity contribution in [3.8, 4) is 0 Å². The highest BCUT2D eigenvalue weighted by Gasteiger charge is 2.31. The van der Waals surface area contributed by atoms with E-state index in [0.717, 1.165) is 26.9 Å². The van der Waals surface area contributed by atoms with Crippen LogP contribution in [0.15, 0.2) is 41.5 Å². The molecular formula is C20H21BrN2O. The summed E-state index contributed by atoms with van der Waals surface area (Å²) in [6, 6.07) is 6.27. The van der Waals surface area contributed by atoms with Crippen molar-refractivity contribution >= 4 is 33.3 Å². The van der Waals surface area contributed by atoms with E-state index in [-0.39, 0.29) is 5.91 Å². The Balaban J connectivity index is 2.22. The molecule has 1 aliphatic carbocycles. The molecule has 1 aromatic heterocycles. The molecule has 1 heterocycles. The molecule has 0 aliphatic heterocycles. The summed E-state index contributed by atoms with van der Waals surface area (Å²) in [6.07, 6.45) is 5.49. The van der Waals surface area contributed by atoms with Crippen molar-refractivity contribution in [1.29, 1.82) is 0 Å². The van der Waals surface area contributed by atoms with Crippen LogP contribution in [0.5, 0.6) is 0 Å². The number of anilines is 2. The zero-order valence-electron chi connectivity index (χ0n) is 14.3. The molecule has 0 saturated heterocycles. The van der Waals surface area contributed by atoms with Crippen LogP contribution in [0, 0.1) is 20.8 Å². The Labute approximate surface area is 151 Å². The van der Waals surface area contributed by atoms with Crippen molar-refractivity contribution in [3.63, 3.8) is 0 Å². The number of hydrogen-bond donors (Lipinski definition) is 0. The highest BCUT2D eigenvalue weighted by atomic mass is 79.9. The molecule has 3 rings (SSSR count). The van der Waals surface area contributed by atoms with Gasteiger partial charge in [0.25, 0.3) is 5.91 Å². The molecule has 24 heavy (non-hydrogen) atoms. The minimum absolute atomic E-state index is 0.155. The highest BCUT2D eigenvalue weighted by Crippen LogP contribution is 2.47. The molecule has 1 aromatic carbocycles. The van der Waals surface area contributed by atoms with E-state index < -0.39 is 0 Å². The van der Waals surface area contributed by atoms with Gasteiger partial charge in [-0.15, -0.1) is 0 Å². The summed E-state index contributed by atoms with van der Waals surface area (Å²) in [4.78, 5) is 18.9. The quantitative estimate of drug-likeness (QED) is 0.652. The highest BCUT2D eigenvalue weighted by molar-refractivity contribution is 9.10. The number of carbonyl (C=O) groups excluding carboxylic acids is 1. The van der Waals surface area contributed by atoms with Crippen LogP contribution in [0.1, 0.15) is 41.0 Å². The number of aromatic nitrogens is 1. The Morgan fingerprint density at radius 3 is 2.54 bits per heavy atom. The summed E-state index contributed by atoms with van der Waals surface area (Å²) >= 11 is 3.62. The summed E-state index contributed by atoms with van der Waals surface area (Å²) in [6.45, 7) is 9.71. The molecule has 0 bridgehead atoms. The molecule has 3 nitrogen and oxygen atoms in total. The molecule has 0 unspecified atom stereocenters. The zero-order chi connectivity index (χ0) is 17.4. The summed E-state index contributed by atoms with van der Waals surface area (Å²) in [5, 5.41) is 0. The summed E-state index contributed by atoms with van der Waals surface area (Å²) < 4.78 is 1.08. The molecule has 1 amide bonds. The molecule has 2 aromatic rings. The lowest BCUT2D eigenvalue weighted by Gasteiger charge is -2.26. The number of rotatable bonds is 4. The van der Waals surface area contributed by atoms with Gasteiger partial charge in [0.05, 0.1) is 5.69 Å². The van der Waals surface area contributed by atoms with Crippen LogP contribution in [0.2, 0.25) is 0 Å². The van der Waals surface area contributed by atoms with E-state index in [1.54, 1.807) is 11.1 Å². The van der Waals surface area contributed by atoms with Crippen molar-refractivity contribution in [1.82, 2.24) is 4.98 Å². The van der Waals surface area contributed by atoms with E-state index >= 15 is 0 Å². The van der Waals surface area contributed by atoms with E-state index in [0.29, 0.717) is 11.7 Å². The van der Waals surface area contributed by atoms with Gasteiger partial charge in [-0.2, -0.15) is 0 Å². The zero-order valence-corrected chi connectivity index (χ0v) is 15.9. The van der Waals surface area contributed by atoms with Crippen LogP contribution in [0.3, 0.4) is 0 Å². The largest absolute Gasteiger partial charge is 0.269 e. The first-order valence-electron chi connectivity index (χ1n) is 8.12. The molecule has 1 saturated carbocycles. The fraction of sp³-hybridized carbons (Fsp3) is 0.300. The summed E-state index contributed by atoms with van der Waals surface area (Å²) in [7, 11) is 0. The van der Waals surface area contributed by atoms with Gasteiger partial charge < -0.3 is 0 Å². The van der Waals surface area contributed by atoms with E-state index in [4.69, 9.17) is 0 Å². The lowest BCUT2D eigenvalue weighted by atomic mass is 10.0. The predicted octanol–water partition coefficient (Wildman–Crippen LogP) is 5.50. The maximum atomic E-state index is 12.7. The number of hydrogen-bond acceptors (Lipinski definition) is 2. The first kappa shape index (κ1) is 16.9. The number of amides is 1. The molecule has 0 radical (unpaired) electrons. The Morgan fingerprint density at radius 2 is 1.96 bits per heavy atom. The van der Waals surface area contributed by atoms with Gasteiger partial charge in [0, 0.05) is 10.7 Å². The topological polar surface area (TPSA) is 33.2 Å². The smallest absolute Gasteiger partial charge is 0.256 e. The lowest BCUT2D eigenvalue weighted by molar-refractivity contribution is -0.113. The average molecular weight is 385 g/mol. The van der Waals surface area contributed by atoms with Crippen molar-refractivity contribution < 1.29 is 4.79 Å². The second-order valence-corrected chi connectivity index (χ2v) is 7.32. The standard InChI is InChI=1S/C20H21BrN2O/c1-5-19(24)23(20-14(4)8-12(2)11-22-20)18-9-13(3)17(21)10-16(18)15-6-7-15/h5,8-11,15H,1,6-7H2,2-4H3. The second-order valence-electron chi connectivity index (χ2n) is 6.47. The van der Waals surface area contributed by atoms with Crippen molar-refractivity contribution in [2.75, 3.05) is 4.90 Å². The third kappa shape index (κ3) is 3.16. The first-order chi connectivity index (χ1) is 11.4. The molecule has 1 aliphatic rings. The normalized spacial score (nSPS) is 13.7. The monoisotopic (exact) mass is 384 g/mol. The van der Waals surface area contributed by atoms with Crippen LogP contribution >= 0.6 is 15.9 Å². The fourth-order valence-electron chi connectivity index (χ4n) is 2.97. The average Bonchev–Trinajstić information content (AvgIpc) is 3.37. The molecule has 1 fully saturated rings. The lowest BCUT2D eigenvalue weighted by Crippen LogP contribution is -2.26. The van der Waals surface area contributed by atoms with Crippen LogP contribution in [0.25, 0.3) is 0 Å². The number of carbonyl (C=O) groups is 1.